The van der Waals surface area contributed by atoms with Gasteiger partial charge in [-0.15, -0.1) is 9.24 Å². The summed E-state index contributed by atoms with van der Waals surface area (Å²) in [6.45, 7) is 9.54. The molecule has 0 saturated heterocycles. The molecule has 0 spiro atoms. The third-order valence-corrected chi connectivity index (χ3v) is 7.29. The van der Waals surface area contributed by atoms with Gasteiger partial charge in [0.15, 0.2) is 0 Å². The van der Waals surface area contributed by atoms with Crippen molar-refractivity contribution in [3.8, 4) is 0 Å². The van der Waals surface area contributed by atoms with Crippen molar-refractivity contribution in [3.05, 3.63) is 23.0 Å². The third-order valence-electron chi connectivity index (χ3n) is 6.77. The third kappa shape index (κ3) is 6.04. The van der Waals surface area contributed by atoms with Crippen molar-refractivity contribution in [1.29, 1.82) is 0 Å². The van der Waals surface area contributed by atoms with Crippen LogP contribution in [0.2, 0.25) is 0 Å². The second-order valence-electron chi connectivity index (χ2n) is 8.65. The fourth-order valence-corrected chi connectivity index (χ4v) is 5.10. The molecule has 2 aliphatic rings. The Bertz CT molecular complexity index is 412. The maximum atomic E-state index is 2.92. The highest BCUT2D eigenvalue weighted by molar-refractivity contribution is 7.22. The lowest BCUT2D eigenvalue weighted by Gasteiger charge is -2.36. The van der Waals surface area contributed by atoms with Crippen LogP contribution in [0.1, 0.15) is 85.5 Å². The van der Waals surface area contributed by atoms with Gasteiger partial charge in [-0.3, -0.25) is 0 Å². The molecular formula is C22H39P. The summed E-state index contributed by atoms with van der Waals surface area (Å²) >= 11 is 0. The van der Waals surface area contributed by atoms with Gasteiger partial charge in [0.2, 0.25) is 0 Å². The average Bonchev–Trinajstić information content (AvgIpc) is 2.55. The van der Waals surface area contributed by atoms with Crippen LogP contribution in [0.5, 0.6) is 0 Å². The van der Waals surface area contributed by atoms with Crippen molar-refractivity contribution in [2.75, 3.05) is 0 Å². The summed E-state index contributed by atoms with van der Waals surface area (Å²) in [5, 5.41) is 1.54. The monoisotopic (exact) mass is 334 g/mol. The summed E-state index contributed by atoms with van der Waals surface area (Å²) in [6.07, 6.45) is 17.5. The standard InChI is InChI=1S/C22H39P/c1-5-16(2)14-21(20-8-6-17(3)7-9-20)15-18(4)19-10-12-22(23)13-11-19/h5,12,17-21H,6-11,13-15,23H2,1-4H3/b16-5+. The van der Waals surface area contributed by atoms with E-state index in [1.54, 1.807) is 5.57 Å². The van der Waals surface area contributed by atoms with E-state index in [0.717, 1.165) is 29.6 Å². The van der Waals surface area contributed by atoms with E-state index in [0.29, 0.717) is 0 Å². The molecule has 0 amide bonds. The van der Waals surface area contributed by atoms with Crippen LogP contribution in [0, 0.1) is 29.6 Å². The molecule has 0 nitrogen and oxygen atoms in total. The van der Waals surface area contributed by atoms with Crippen LogP contribution >= 0.6 is 9.24 Å². The smallest absolute Gasteiger partial charge is 0.0280 e. The van der Waals surface area contributed by atoms with Crippen molar-refractivity contribution in [2.45, 2.75) is 85.5 Å². The van der Waals surface area contributed by atoms with Gasteiger partial charge in [0.05, 0.1) is 0 Å². The Hall–Kier alpha value is -0.0900. The first-order valence-corrected chi connectivity index (χ1v) is 10.6. The SMILES string of the molecule is C/C=C(\C)CC(CC(C)C1CC=C(P)CC1)C1CCC(C)CC1. The zero-order valence-electron chi connectivity index (χ0n) is 16.0. The van der Waals surface area contributed by atoms with Crippen molar-refractivity contribution in [3.63, 3.8) is 0 Å². The topological polar surface area (TPSA) is 0 Å². The van der Waals surface area contributed by atoms with E-state index in [1.165, 1.54) is 63.1 Å². The highest BCUT2D eigenvalue weighted by Crippen LogP contribution is 2.41. The van der Waals surface area contributed by atoms with Gasteiger partial charge in [0.25, 0.3) is 0 Å². The largest absolute Gasteiger partial charge is 0.110 e. The van der Waals surface area contributed by atoms with Gasteiger partial charge < -0.3 is 0 Å². The zero-order chi connectivity index (χ0) is 16.8. The number of rotatable bonds is 6. The lowest BCUT2D eigenvalue weighted by Crippen LogP contribution is -2.25. The maximum Gasteiger partial charge on any atom is -0.0280 e. The molecule has 0 aliphatic heterocycles. The second-order valence-corrected chi connectivity index (χ2v) is 9.39. The predicted molar refractivity (Wildman–Crippen MR) is 108 cm³/mol. The van der Waals surface area contributed by atoms with Crippen LogP contribution in [-0.4, -0.2) is 0 Å². The second kappa shape index (κ2) is 9.41. The Balaban J connectivity index is 1.96. The predicted octanol–water partition coefficient (Wildman–Crippen LogP) is 7.37. The van der Waals surface area contributed by atoms with Gasteiger partial charge in [-0.25, -0.2) is 0 Å². The molecular weight excluding hydrogens is 295 g/mol. The van der Waals surface area contributed by atoms with E-state index >= 15 is 0 Å². The average molecular weight is 335 g/mol. The zero-order valence-corrected chi connectivity index (χ0v) is 17.1. The molecule has 0 aromatic carbocycles. The first-order valence-electron chi connectivity index (χ1n) is 10.1. The molecule has 1 fully saturated rings. The Morgan fingerprint density at radius 1 is 1.22 bits per heavy atom. The Labute approximate surface area is 147 Å². The highest BCUT2D eigenvalue weighted by Gasteiger charge is 2.29. The summed E-state index contributed by atoms with van der Waals surface area (Å²) in [7, 11) is 2.92. The van der Waals surface area contributed by atoms with Gasteiger partial charge in [0.1, 0.15) is 0 Å². The molecule has 2 rings (SSSR count). The van der Waals surface area contributed by atoms with Crippen LogP contribution in [0.3, 0.4) is 0 Å². The van der Waals surface area contributed by atoms with Crippen LogP contribution in [0.15, 0.2) is 23.0 Å². The van der Waals surface area contributed by atoms with Crippen LogP contribution in [0.4, 0.5) is 0 Å². The Morgan fingerprint density at radius 2 is 1.91 bits per heavy atom. The molecule has 1 saturated carbocycles. The van der Waals surface area contributed by atoms with Crippen molar-refractivity contribution in [1.82, 2.24) is 0 Å². The van der Waals surface area contributed by atoms with E-state index in [2.05, 4.69) is 49.1 Å². The minimum absolute atomic E-state index is 0.887. The van der Waals surface area contributed by atoms with Crippen LogP contribution in [0.25, 0.3) is 0 Å². The first-order chi connectivity index (χ1) is 11.0. The van der Waals surface area contributed by atoms with Crippen molar-refractivity contribution < 1.29 is 0 Å². The summed E-state index contributed by atoms with van der Waals surface area (Å²) in [5.41, 5.74) is 1.61. The lowest BCUT2D eigenvalue weighted by molar-refractivity contribution is 0.165. The van der Waals surface area contributed by atoms with E-state index in [1.807, 2.05) is 0 Å². The maximum absolute atomic E-state index is 2.92. The highest BCUT2D eigenvalue weighted by atomic mass is 31.0. The van der Waals surface area contributed by atoms with Crippen LogP contribution in [-0.2, 0) is 0 Å². The van der Waals surface area contributed by atoms with E-state index in [-0.39, 0.29) is 0 Å². The minimum atomic E-state index is 0.887. The fraction of sp³-hybridized carbons (Fsp3) is 0.818. The van der Waals surface area contributed by atoms with Gasteiger partial charge in [-0.05, 0) is 88.4 Å². The normalized spacial score (nSPS) is 32.3. The quantitative estimate of drug-likeness (QED) is 0.351. The van der Waals surface area contributed by atoms with Gasteiger partial charge in [-0.1, -0.05) is 49.7 Å². The fourth-order valence-electron chi connectivity index (χ4n) is 4.79. The van der Waals surface area contributed by atoms with Crippen LogP contribution < -0.4 is 0 Å². The molecule has 132 valence electrons. The van der Waals surface area contributed by atoms with Gasteiger partial charge in [-0.2, -0.15) is 0 Å². The molecule has 0 bridgehead atoms. The molecule has 23 heavy (non-hydrogen) atoms. The molecule has 0 radical (unpaired) electrons. The number of hydrogen-bond acceptors (Lipinski definition) is 0. The minimum Gasteiger partial charge on any atom is -0.110 e. The molecule has 0 aromatic heterocycles. The summed E-state index contributed by atoms with van der Waals surface area (Å²) in [5.74, 6) is 4.69. The Kier molecular flexibility index (Phi) is 7.87. The summed E-state index contributed by atoms with van der Waals surface area (Å²) < 4.78 is 0. The lowest BCUT2D eigenvalue weighted by atomic mass is 9.69. The van der Waals surface area contributed by atoms with Gasteiger partial charge >= 0.3 is 0 Å². The summed E-state index contributed by atoms with van der Waals surface area (Å²) in [6, 6.07) is 0. The van der Waals surface area contributed by atoms with E-state index < -0.39 is 0 Å². The Morgan fingerprint density at radius 3 is 2.48 bits per heavy atom. The van der Waals surface area contributed by atoms with E-state index in [4.69, 9.17) is 0 Å². The first kappa shape index (κ1) is 19.2. The molecule has 4 atom stereocenters. The molecule has 0 heterocycles. The molecule has 0 N–H and O–H groups in total. The molecule has 2 aliphatic carbocycles. The van der Waals surface area contributed by atoms with E-state index in [9.17, 15) is 0 Å². The number of hydrogen-bond donors (Lipinski definition) is 0. The summed E-state index contributed by atoms with van der Waals surface area (Å²) in [4.78, 5) is 0. The van der Waals surface area contributed by atoms with Gasteiger partial charge in [0, 0.05) is 0 Å². The van der Waals surface area contributed by atoms with Crippen molar-refractivity contribution in [2.24, 2.45) is 29.6 Å². The number of allylic oxidation sites excluding steroid dienone is 4. The molecule has 4 unspecified atom stereocenters. The molecule has 0 aromatic rings. The molecule has 1 heteroatoms. The van der Waals surface area contributed by atoms with Crippen molar-refractivity contribution >= 4 is 9.24 Å².